The van der Waals surface area contributed by atoms with Gasteiger partial charge in [0, 0.05) is 13.1 Å². The van der Waals surface area contributed by atoms with E-state index in [2.05, 4.69) is 10.6 Å². The molecule has 1 saturated carbocycles. The monoisotopic (exact) mass is 438 g/mol. The molecule has 2 N–H and O–H groups in total. The number of alkyl halides is 3. The molecule has 7 nitrogen and oxygen atoms in total. The van der Waals surface area contributed by atoms with Crippen molar-refractivity contribution in [3.63, 3.8) is 0 Å². The number of amides is 4. The molecule has 31 heavy (non-hydrogen) atoms. The number of hydrogen-bond donors (Lipinski definition) is 2. The lowest BCUT2D eigenvalue weighted by atomic mass is 9.96. The van der Waals surface area contributed by atoms with E-state index in [1.165, 1.54) is 6.07 Å². The second-order valence-corrected chi connectivity index (χ2v) is 8.62. The molecule has 3 fully saturated rings. The standard InChI is InChI=1S/C21H25F3N4O3/c1-20(13-5-6-13)18(30)28(19(31)26-20)12-17(29)25-15-11-14(21(22,23)24)7-8-16(15)27-9-3-2-4-10-27/h7-8,11,13H,2-6,9-10,12H2,1H3,(H,25,29)(H,26,31). The average Bonchev–Trinajstić information content (AvgIpc) is 3.54. The Morgan fingerprint density at radius 2 is 1.87 bits per heavy atom. The number of nitrogens with zero attached hydrogens (tertiary/aromatic N) is 2. The van der Waals surface area contributed by atoms with E-state index in [0.717, 1.165) is 49.1 Å². The van der Waals surface area contributed by atoms with Crippen LogP contribution in [0.1, 0.15) is 44.6 Å². The lowest BCUT2D eigenvalue weighted by molar-refractivity contribution is -0.137. The summed E-state index contributed by atoms with van der Waals surface area (Å²) in [6, 6.07) is 2.61. The van der Waals surface area contributed by atoms with Gasteiger partial charge < -0.3 is 15.5 Å². The summed E-state index contributed by atoms with van der Waals surface area (Å²) in [7, 11) is 0. The number of benzene rings is 1. The second-order valence-electron chi connectivity index (χ2n) is 8.62. The second kappa shape index (κ2) is 7.72. The van der Waals surface area contributed by atoms with Crippen molar-refractivity contribution in [3.05, 3.63) is 23.8 Å². The summed E-state index contributed by atoms with van der Waals surface area (Å²) in [6.07, 6.45) is -0.0350. The predicted molar refractivity (Wildman–Crippen MR) is 108 cm³/mol. The third-order valence-corrected chi connectivity index (χ3v) is 6.29. The minimum atomic E-state index is -4.56. The molecule has 2 heterocycles. The number of urea groups is 1. The molecule has 0 bridgehead atoms. The number of piperidine rings is 1. The highest BCUT2D eigenvalue weighted by Gasteiger charge is 2.56. The smallest absolute Gasteiger partial charge is 0.370 e. The molecule has 4 rings (SSSR count). The molecule has 0 aromatic heterocycles. The van der Waals surface area contributed by atoms with Crippen molar-refractivity contribution in [2.24, 2.45) is 5.92 Å². The molecule has 1 aromatic rings. The van der Waals surface area contributed by atoms with E-state index in [9.17, 15) is 27.6 Å². The number of hydrogen-bond acceptors (Lipinski definition) is 4. The Morgan fingerprint density at radius 1 is 1.19 bits per heavy atom. The highest BCUT2D eigenvalue weighted by molar-refractivity contribution is 6.10. The van der Waals surface area contributed by atoms with Gasteiger partial charge in [-0.25, -0.2) is 4.79 Å². The molecule has 1 aliphatic carbocycles. The van der Waals surface area contributed by atoms with Crippen molar-refractivity contribution in [2.75, 3.05) is 29.9 Å². The van der Waals surface area contributed by atoms with Crippen molar-refractivity contribution < 1.29 is 27.6 Å². The number of rotatable bonds is 5. The van der Waals surface area contributed by atoms with Gasteiger partial charge >= 0.3 is 12.2 Å². The maximum absolute atomic E-state index is 13.2. The van der Waals surface area contributed by atoms with E-state index in [1.54, 1.807) is 6.92 Å². The van der Waals surface area contributed by atoms with Gasteiger partial charge in [-0.3, -0.25) is 14.5 Å². The highest BCUT2D eigenvalue weighted by atomic mass is 19.4. The van der Waals surface area contributed by atoms with Crippen molar-refractivity contribution in [3.8, 4) is 0 Å². The summed E-state index contributed by atoms with van der Waals surface area (Å²) in [5.41, 5.74) is -1.37. The molecule has 0 radical (unpaired) electrons. The number of carbonyl (C=O) groups is 3. The van der Waals surface area contributed by atoms with Crippen LogP contribution in [0.5, 0.6) is 0 Å². The van der Waals surface area contributed by atoms with Gasteiger partial charge in [0.05, 0.1) is 16.9 Å². The summed E-state index contributed by atoms with van der Waals surface area (Å²) in [6.45, 7) is 2.45. The zero-order valence-electron chi connectivity index (χ0n) is 17.2. The van der Waals surface area contributed by atoms with E-state index in [1.807, 2.05) is 4.90 Å². The molecule has 1 atom stereocenters. The van der Waals surface area contributed by atoms with Gasteiger partial charge in [0.15, 0.2) is 0 Å². The van der Waals surface area contributed by atoms with Crippen LogP contribution in [0, 0.1) is 5.92 Å². The van der Waals surface area contributed by atoms with Gasteiger partial charge in [-0.05, 0) is 63.1 Å². The van der Waals surface area contributed by atoms with Crippen LogP contribution >= 0.6 is 0 Å². The van der Waals surface area contributed by atoms with Crippen LogP contribution in [0.3, 0.4) is 0 Å². The first-order valence-corrected chi connectivity index (χ1v) is 10.5. The van der Waals surface area contributed by atoms with Gasteiger partial charge in [-0.15, -0.1) is 0 Å². The Hall–Kier alpha value is -2.78. The Kier molecular flexibility index (Phi) is 5.35. The number of carbonyl (C=O) groups excluding carboxylic acids is 3. The Balaban J connectivity index is 1.53. The number of halogens is 3. The normalized spacial score (nSPS) is 24.4. The summed E-state index contributed by atoms with van der Waals surface area (Å²) < 4.78 is 39.7. The predicted octanol–water partition coefficient (Wildman–Crippen LogP) is 3.35. The summed E-state index contributed by atoms with van der Waals surface area (Å²) in [4.78, 5) is 40.4. The molecule has 2 saturated heterocycles. The third kappa shape index (κ3) is 4.20. The maximum Gasteiger partial charge on any atom is 0.416 e. The van der Waals surface area contributed by atoms with Gasteiger partial charge in [-0.2, -0.15) is 13.2 Å². The number of nitrogens with one attached hydrogen (secondary N) is 2. The van der Waals surface area contributed by atoms with E-state index >= 15 is 0 Å². The molecule has 0 spiro atoms. The molecular formula is C21H25F3N4O3. The van der Waals surface area contributed by atoms with Crippen molar-refractivity contribution >= 4 is 29.2 Å². The summed E-state index contributed by atoms with van der Waals surface area (Å²) >= 11 is 0. The molecule has 4 amide bonds. The van der Waals surface area contributed by atoms with Crippen LogP contribution in [0.25, 0.3) is 0 Å². The molecule has 1 unspecified atom stereocenters. The van der Waals surface area contributed by atoms with Gasteiger partial charge in [0.25, 0.3) is 5.91 Å². The molecule has 3 aliphatic rings. The molecule has 2 aliphatic heterocycles. The van der Waals surface area contributed by atoms with Gasteiger partial charge in [0.2, 0.25) is 5.91 Å². The fourth-order valence-electron chi connectivity index (χ4n) is 4.35. The van der Waals surface area contributed by atoms with Crippen LogP contribution in [0.4, 0.5) is 29.3 Å². The lowest BCUT2D eigenvalue weighted by Gasteiger charge is -2.31. The molecular weight excluding hydrogens is 413 g/mol. The van der Waals surface area contributed by atoms with Crippen molar-refractivity contribution in [1.29, 1.82) is 0 Å². The largest absolute Gasteiger partial charge is 0.416 e. The summed E-state index contributed by atoms with van der Waals surface area (Å²) in [5.74, 6) is -1.15. The molecule has 1 aromatic carbocycles. The number of anilines is 2. The van der Waals surface area contributed by atoms with E-state index < -0.39 is 41.7 Å². The highest BCUT2D eigenvalue weighted by Crippen LogP contribution is 2.42. The fraction of sp³-hybridized carbons (Fsp3) is 0.571. The number of imide groups is 1. The van der Waals surface area contributed by atoms with Crippen LogP contribution in [0.15, 0.2) is 18.2 Å². The maximum atomic E-state index is 13.2. The molecule has 10 heteroatoms. The van der Waals surface area contributed by atoms with Crippen LogP contribution in [0.2, 0.25) is 0 Å². The molecule has 168 valence electrons. The van der Waals surface area contributed by atoms with E-state index in [0.29, 0.717) is 18.8 Å². The zero-order chi connectivity index (χ0) is 22.4. The lowest BCUT2D eigenvalue weighted by Crippen LogP contribution is -2.46. The first kappa shape index (κ1) is 21.5. The minimum absolute atomic E-state index is 0.0266. The topological polar surface area (TPSA) is 81.8 Å². The third-order valence-electron chi connectivity index (χ3n) is 6.29. The first-order valence-electron chi connectivity index (χ1n) is 10.5. The van der Waals surface area contributed by atoms with Crippen molar-refractivity contribution in [2.45, 2.75) is 50.7 Å². The average molecular weight is 438 g/mol. The first-order chi connectivity index (χ1) is 14.6. The summed E-state index contributed by atoms with van der Waals surface area (Å²) in [5, 5.41) is 5.16. The Bertz CT molecular complexity index is 910. The minimum Gasteiger partial charge on any atom is -0.370 e. The van der Waals surface area contributed by atoms with E-state index in [4.69, 9.17) is 0 Å². The van der Waals surface area contributed by atoms with Gasteiger partial charge in [0.1, 0.15) is 12.1 Å². The zero-order valence-corrected chi connectivity index (χ0v) is 17.2. The van der Waals surface area contributed by atoms with Gasteiger partial charge in [-0.1, -0.05) is 0 Å². The van der Waals surface area contributed by atoms with Crippen molar-refractivity contribution in [1.82, 2.24) is 10.2 Å². The quantitative estimate of drug-likeness (QED) is 0.691. The Morgan fingerprint density at radius 3 is 2.48 bits per heavy atom. The Labute approximate surface area is 177 Å². The van der Waals surface area contributed by atoms with Crippen LogP contribution < -0.4 is 15.5 Å². The SMILES string of the molecule is CC1(C2CC2)NC(=O)N(CC(=O)Nc2cc(C(F)(F)F)ccc2N2CCCCC2)C1=O. The van der Waals surface area contributed by atoms with E-state index in [-0.39, 0.29) is 11.6 Å². The van der Waals surface area contributed by atoms with Crippen LogP contribution in [-0.4, -0.2) is 47.9 Å². The fourth-order valence-corrected chi connectivity index (χ4v) is 4.35. The van der Waals surface area contributed by atoms with Crippen LogP contribution in [-0.2, 0) is 15.8 Å².